The Hall–Kier alpha value is -1.06. The highest BCUT2D eigenvalue weighted by Crippen LogP contribution is 2.29. The van der Waals surface area contributed by atoms with Crippen LogP contribution in [0.3, 0.4) is 0 Å². The van der Waals surface area contributed by atoms with E-state index in [0.29, 0.717) is 6.54 Å². The fraction of sp³-hybridized carbons (Fsp3) is 0.600. The van der Waals surface area contributed by atoms with Gasteiger partial charge < -0.3 is 15.5 Å². The van der Waals surface area contributed by atoms with E-state index in [1.54, 1.807) is 6.92 Å². The number of aliphatic hydroxyl groups is 2. The first kappa shape index (κ1) is 16.0. The molecule has 1 rings (SSSR count). The second-order valence-electron chi connectivity index (χ2n) is 3.59. The first-order valence-corrected chi connectivity index (χ1v) is 6.47. The summed E-state index contributed by atoms with van der Waals surface area (Å²) in [6.45, 7) is 1.71. The molecule has 19 heavy (non-hydrogen) atoms. The molecule has 0 saturated heterocycles. The molecular weight excluding hydrogens is 283 g/mol. The Morgan fingerprint density at radius 3 is 2.63 bits per heavy atom. The van der Waals surface area contributed by atoms with E-state index >= 15 is 0 Å². The molecule has 0 aliphatic rings. The quantitative estimate of drug-likeness (QED) is 0.544. The van der Waals surface area contributed by atoms with Crippen molar-refractivity contribution in [3.05, 3.63) is 11.9 Å². The number of nitrogens with one attached hydrogen (secondary N) is 1. The first-order chi connectivity index (χ1) is 8.86. The lowest BCUT2D eigenvalue weighted by molar-refractivity contribution is -0.145. The maximum atomic E-state index is 12.6. The largest absolute Gasteiger partial charge is 0.451 e. The third kappa shape index (κ3) is 5.21. The van der Waals surface area contributed by atoms with Gasteiger partial charge in [-0.1, -0.05) is 0 Å². The van der Waals surface area contributed by atoms with Crippen LogP contribution in [0.4, 0.5) is 19.0 Å². The molecule has 0 fully saturated rings. The molecule has 5 nitrogen and oxygen atoms in total. The van der Waals surface area contributed by atoms with Gasteiger partial charge in [-0.2, -0.15) is 13.2 Å². The third-order valence-electron chi connectivity index (χ3n) is 1.95. The number of hydrogen-bond acceptors (Lipinski definition) is 6. The zero-order valence-corrected chi connectivity index (χ0v) is 10.9. The summed E-state index contributed by atoms with van der Waals surface area (Å²) < 4.78 is 37.8. The van der Waals surface area contributed by atoms with Crippen LogP contribution in [0.2, 0.25) is 0 Å². The molecule has 1 aromatic rings. The van der Waals surface area contributed by atoms with Gasteiger partial charge in [0.25, 0.3) is 0 Å². The Balaban J connectivity index is 2.93. The van der Waals surface area contributed by atoms with Crippen LogP contribution >= 0.6 is 11.8 Å². The van der Waals surface area contributed by atoms with Gasteiger partial charge in [-0.15, -0.1) is 11.8 Å². The van der Waals surface area contributed by atoms with E-state index in [-0.39, 0.29) is 16.6 Å². The zero-order valence-electron chi connectivity index (χ0n) is 10.1. The topological polar surface area (TPSA) is 78.3 Å². The zero-order chi connectivity index (χ0) is 14.5. The highest BCUT2D eigenvalue weighted by atomic mass is 32.2. The van der Waals surface area contributed by atoms with Crippen LogP contribution in [0.25, 0.3) is 0 Å². The number of halogens is 3. The lowest BCUT2D eigenvalue weighted by Gasteiger charge is -2.11. The molecule has 108 valence electrons. The molecule has 0 aliphatic heterocycles. The van der Waals surface area contributed by atoms with Crippen LogP contribution in [0, 0.1) is 0 Å². The van der Waals surface area contributed by atoms with Gasteiger partial charge in [0.1, 0.15) is 10.8 Å². The van der Waals surface area contributed by atoms with Crippen molar-refractivity contribution in [3.8, 4) is 0 Å². The highest BCUT2D eigenvalue weighted by Gasteiger charge is 2.35. The van der Waals surface area contributed by atoms with Crippen molar-refractivity contribution >= 4 is 17.6 Å². The maximum absolute atomic E-state index is 12.6. The van der Waals surface area contributed by atoms with Crippen molar-refractivity contribution < 1.29 is 23.4 Å². The molecule has 1 heterocycles. The van der Waals surface area contributed by atoms with Gasteiger partial charge in [-0.05, 0) is 6.92 Å². The number of anilines is 1. The second-order valence-corrected chi connectivity index (χ2v) is 4.63. The molecule has 0 saturated carbocycles. The predicted molar refractivity (Wildman–Crippen MR) is 65.0 cm³/mol. The number of aliphatic hydroxyl groups excluding tert-OH is 2. The second kappa shape index (κ2) is 6.92. The SMILES string of the molecule is CCNc1cc(SCC(O)CO)nc(C(F)(F)F)n1. The summed E-state index contributed by atoms with van der Waals surface area (Å²) in [6, 6.07) is 1.37. The Morgan fingerprint density at radius 1 is 1.42 bits per heavy atom. The van der Waals surface area contributed by atoms with E-state index in [9.17, 15) is 13.2 Å². The van der Waals surface area contributed by atoms with Crippen molar-refractivity contribution in [1.82, 2.24) is 9.97 Å². The lowest BCUT2D eigenvalue weighted by atomic mass is 10.4. The summed E-state index contributed by atoms with van der Waals surface area (Å²) in [7, 11) is 0. The molecule has 9 heteroatoms. The van der Waals surface area contributed by atoms with E-state index in [1.165, 1.54) is 6.07 Å². The van der Waals surface area contributed by atoms with Crippen molar-refractivity contribution in [2.24, 2.45) is 0 Å². The van der Waals surface area contributed by atoms with E-state index in [4.69, 9.17) is 10.2 Å². The maximum Gasteiger partial charge on any atom is 0.451 e. The van der Waals surface area contributed by atoms with Crippen molar-refractivity contribution in [1.29, 1.82) is 0 Å². The number of hydrogen-bond donors (Lipinski definition) is 3. The average molecular weight is 297 g/mol. The lowest BCUT2D eigenvalue weighted by Crippen LogP contribution is -2.16. The molecule has 0 aromatic carbocycles. The minimum atomic E-state index is -4.63. The first-order valence-electron chi connectivity index (χ1n) is 5.48. The summed E-state index contributed by atoms with van der Waals surface area (Å²) >= 11 is 0.922. The van der Waals surface area contributed by atoms with Crippen LogP contribution in [-0.4, -0.2) is 45.2 Å². The molecule has 0 amide bonds. The highest BCUT2D eigenvalue weighted by molar-refractivity contribution is 7.99. The van der Waals surface area contributed by atoms with Gasteiger partial charge in [-0.3, -0.25) is 0 Å². The molecule has 1 atom stereocenters. The standard InChI is InChI=1S/C10H14F3N3O2S/c1-2-14-7-3-8(19-5-6(18)4-17)16-9(15-7)10(11,12)13/h3,6,17-18H,2,4-5H2,1H3,(H,14,15,16). The number of aromatic nitrogens is 2. The molecule has 0 bridgehead atoms. The smallest absolute Gasteiger partial charge is 0.394 e. The minimum Gasteiger partial charge on any atom is -0.394 e. The minimum absolute atomic E-state index is 0.0520. The molecule has 1 aromatic heterocycles. The Bertz CT molecular complexity index is 417. The normalized spacial score (nSPS) is 13.4. The monoisotopic (exact) mass is 297 g/mol. The average Bonchev–Trinajstić information content (AvgIpc) is 2.35. The predicted octanol–water partition coefficient (Wildman–Crippen LogP) is 1.37. The van der Waals surface area contributed by atoms with E-state index in [1.807, 2.05) is 0 Å². The number of rotatable bonds is 6. The number of thioether (sulfide) groups is 1. The van der Waals surface area contributed by atoms with E-state index < -0.39 is 24.7 Å². The molecule has 0 aliphatic carbocycles. The van der Waals surface area contributed by atoms with Gasteiger partial charge in [0.2, 0.25) is 5.82 Å². The Labute approximate surface area is 112 Å². The molecule has 0 spiro atoms. The van der Waals surface area contributed by atoms with Crippen LogP contribution in [0.1, 0.15) is 12.7 Å². The fourth-order valence-corrected chi connectivity index (χ4v) is 1.95. The Kier molecular flexibility index (Phi) is 5.83. The number of nitrogens with zero attached hydrogens (tertiary/aromatic N) is 2. The molecule has 1 unspecified atom stereocenters. The van der Waals surface area contributed by atoms with Crippen LogP contribution in [0.5, 0.6) is 0 Å². The van der Waals surface area contributed by atoms with Crippen molar-refractivity contribution in [2.45, 2.75) is 24.2 Å². The molecular formula is C10H14F3N3O2S. The van der Waals surface area contributed by atoms with Crippen LogP contribution in [0.15, 0.2) is 11.1 Å². The van der Waals surface area contributed by atoms with Crippen molar-refractivity contribution in [2.75, 3.05) is 24.2 Å². The fourth-order valence-electron chi connectivity index (χ4n) is 1.13. The summed E-state index contributed by atoms with van der Waals surface area (Å²) in [5, 5.41) is 20.6. The van der Waals surface area contributed by atoms with Crippen LogP contribution < -0.4 is 5.32 Å². The van der Waals surface area contributed by atoms with Gasteiger partial charge >= 0.3 is 6.18 Å². The molecule has 3 N–H and O–H groups in total. The summed E-state index contributed by atoms with van der Waals surface area (Å²) in [4.78, 5) is 6.76. The van der Waals surface area contributed by atoms with E-state index in [2.05, 4.69) is 15.3 Å². The van der Waals surface area contributed by atoms with Gasteiger partial charge in [0.05, 0.1) is 12.7 Å². The van der Waals surface area contributed by atoms with Gasteiger partial charge in [-0.25, -0.2) is 9.97 Å². The molecule has 0 radical (unpaired) electrons. The summed E-state index contributed by atoms with van der Waals surface area (Å²) in [5.41, 5.74) is 0. The number of alkyl halides is 3. The summed E-state index contributed by atoms with van der Waals surface area (Å²) in [5.74, 6) is -1.10. The van der Waals surface area contributed by atoms with Crippen molar-refractivity contribution in [3.63, 3.8) is 0 Å². The Morgan fingerprint density at radius 2 is 2.11 bits per heavy atom. The summed E-state index contributed by atoms with van der Waals surface area (Å²) in [6.07, 6.45) is -5.63. The van der Waals surface area contributed by atoms with E-state index in [0.717, 1.165) is 11.8 Å². The van der Waals surface area contributed by atoms with Crippen LogP contribution in [-0.2, 0) is 6.18 Å². The van der Waals surface area contributed by atoms with Gasteiger partial charge in [0.15, 0.2) is 0 Å². The van der Waals surface area contributed by atoms with Gasteiger partial charge in [0, 0.05) is 18.4 Å². The third-order valence-corrected chi connectivity index (χ3v) is 3.00.